The molecule has 1 aromatic rings. The van der Waals surface area contributed by atoms with Crippen molar-refractivity contribution in [3.8, 4) is 0 Å². The molecule has 1 heterocycles. The number of benzene rings is 1. The molecule has 4 heteroatoms. The van der Waals surface area contributed by atoms with Crippen LogP contribution in [0.1, 0.15) is 18.4 Å². The second-order valence-corrected chi connectivity index (χ2v) is 5.38. The first-order chi connectivity index (χ1) is 9.78. The minimum atomic E-state index is 0.0768. The molecule has 0 radical (unpaired) electrons. The molecule has 2 rings (SSSR count). The van der Waals surface area contributed by atoms with Gasteiger partial charge in [-0.1, -0.05) is 30.3 Å². The highest BCUT2D eigenvalue weighted by molar-refractivity contribution is 5.77. The zero-order valence-electron chi connectivity index (χ0n) is 12.2. The summed E-state index contributed by atoms with van der Waals surface area (Å²) in [6, 6.07) is 10.3. The molecule has 1 amide bonds. The van der Waals surface area contributed by atoms with Gasteiger partial charge in [0.15, 0.2) is 0 Å². The quantitative estimate of drug-likeness (QED) is 0.859. The number of carbonyl (C=O) groups is 1. The number of carbonyl (C=O) groups excluding carboxylic acids is 1. The smallest absolute Gasteiger partial charge is 0.233 e. The van der Waals surface area contributed by atoms with E-state index in [1.807, 2.05) is 18.2 Å². The van der Waals surface area contributed by atoms with E-state index < -0.39 is 0 Å². The number of rotatable bonds is 6. The Kier molecular flexibility index (Phi) is 6.02. The first-order valence-corrected chi connectivity index (χ1v) is 7.32. The predicted molar refractivity (Wildman–Crippen MR) is 79.3 cm³/mol. The fourth-order valence-corrected chi connectivity index (χ4v) is 2.60. The molecule has 1 N–H and O–H groups in total. The van der Waals surface area contributed by atoms with Crippen molar-refractivity contribution in [3.63, 3.8) is 0 Å². The van der Waals surface area contributed by atoms with Gasteiger partial charge in [0.05, 0.1) is 6.54 Å². The number of likely N-dealkylation sites (N-methyl/N-ethyl adjacent to an activating group) is 1. The van der Waals surface area contributed by atoms with Gasteiger partial charge < -0.3 is 10.1 Å². The third-order valence-corrected chi connectivity index (χ3v) is 3.75. The average molecular weight is 276 g/mol. The largest absolute Gasteiger partial charge is 0.381 e. The highest BCUT2D eigenvalue weighted by Gasteiger charge is 2.19. The molecular weight excluding hydrogens is 252 g/mol. The van der Waals surface area contributed by atoms with Crippen LogP contribution in [-0.2, 0) is 16.1 Å². The molecule has 0 saturated carbocycles. The summed E-state index contributed by atoms with van der Waals surface area (Å²) >= 11 is 0. The van der Waals surface area contributed by atoms with E-state index in [4.69, 9.17) is 4.74 Å². The Balaban J connectivity index is 1.94. The van der Waals surface area contributed by atoms with Gasteiger partial charge in [-0.15, -0.1) is 0 Å². The lowest BCUT2D eigenvalue weighted by Crippen LogP contribution is -2.39. The molecule has 4 nitrogen and oxygen atoms in total. The Morgan fingerprint density at radius 2 is 2.00 bits per heavy atom. The third kappa shape index (κ3) is 4.94. The van der Waals surface area contributed by atoms with Gasteiger partial charge in [0, 0.05) is 33.4 Å². The van der Waals surface area contributed by atoms with Crippen molar-refractivity contribution in [2.45, 2.75) is 19.4 Å². The second-order valence-electron chi connectivity index (χ2n) is 5.38. The number of ether oxygens (including phenoxy) is 1. The highest BCUT2D eigenvalue weighted by atomic mass is 16.5. The van der Waals surface area contributed by atoms with E-state index in [-0.39, 0.29) is 5.91 Å². The van der Waals surface area contributed by atoms with Gasteiger partial charge in [-0.3, -0.25) is 9.69 Å². The summed E-state index contributed by atoms with van der Waals surface area (Å²) in [5.74, 6) is 0.713. The molecule has 1 aliphatic heterocycles. The van der Waals surface area contributed by atoms with Crippen molar-refractivity contribution in [1.29, 1.82) is 0 Å². The van der Waals surface area contributed by atoms with Gasteiger partial charge in [0.25, 0.3) is 0 Å². The number of nitrogens with one attached hydrogen (secondary N) is 1. The van der Waals surface area contributed by atoms with Crippen LogP contribution in [-0.4, -0.2) is 44.2 Å². The molecule has 0 atom stereocenters. The lowest BCUT2D eigenvalue weighted by Gasteiger charge is -2.29. The zero-order valence-corrected chi connectivity index (χ0v) is 12.2. The fourth-order valence-electron chi connectivity index (χ4n) is 2.60. The van der Waals surface area contributed by atoms with Crippen LogP contribution in [0.15, 0.2) is 30.3 Å². The summed E-state index contributed by atoms with van der Waals surface area (Å²) in [4.78, 5) is 13.9. The van der Waals surface area contributed by atoms with Crippen LogP contribution in [0.3, 0.4) is 0 Å². The molecule has 0 aliphatic carbocycles. The third-order valence-electron chi connectivity index (χ3n) is 3.75. The minimum absolute atomic E-state index is 0.0768. The van der Waals surface area contributed by atoms with E-state index in [9.17, 15) is 4.79 Å². The molecule has 1 fully saturated rings. The predicted octanol–water partition coefficient (Wildman–Crippen LogP) is 1.66. The first-order valence-electron chi connectivity index (χ1n) is 7.32. The number of amides is 1. The standard InChI is InChI=1S/C16H24N2O2/c1-17-16(19)13-18(11-14-5-3-2-4-6-14)12-15-7-9-20-10-8-15/h2-6,15H,7-13H2,1H3,(H,17,19). The van der Waals surface area contributed by atoms with Gasteiger partial charge in [-0.25, -0.2) is 0 Å². The summed E-state index contributed by atoms with van der Waals surface area (Å²) in [7, 11) is 1.69. The molecular formula is C16H24N2O2. The van der Waals surface area contributed by atoms with Gasteiger partial charge in [0.1, 0.15) is 0 Å². The molecule has 110 valence electrons. The molecule has 0 unspecified atom stereocenters. The Bertz CT molecular complexity index is 402. The van der Waals surface area contributed by atoms with E-state index in [1.165, 1.54) is 5.56 Å². The Morgan fingerprint density at radius 3 is 2.65 bits per heavy atom. The SMILES string of the molecule is CNC(=O)CN(Cc1ccccc1)CC1CCOCC1. The average Bonchev–Trinajstić information content (AvgIpc) is 2.49. The van der Waals surface area contributed by atoms with Crippen LogP contribution in [0.25, 0.3) is 0 Å². The summed E-state index contributed by atoms with van der Waals surface area (Å²) in [5, 5.41) is 2.71. The van der Waals surface area contributed by atoms with Crippen molar-refractivity contribution in [2.75, 3.05) is 33.4 Å². The highest BCUT2D eigenvalue weighted by Crippen LogP contribution is 2.17. The Labute approximate surface area is 121 Å². The van der Waals surface area contributed by atoms with Gasteiger partial charge in [-0.2, -0.15) is 0 Å². The van der Waals surface area contributed by atoms with Crippen molar-refractivity contribution in [3.05, 3.63) is 35.9 Å². The number of hydrogen-bond donors (Lipinski definition) is 1. The van der Waals surface area contributed by atoms with E-state index in [1.54, 1.807) is 7.05 Å². The van der Waals surface area contributed by atoms with Crippen molar-refractivity contribution >= 4 is 5.91 Å². The van der Waals surface area contributed by atoms with Crippen LogP contribution in [0.4, 0.5) is 0 Å². The lowest BCUT2D eigenvalue weighted by molar-refractivity contribution is -0.122. The van der Waals surface area contributed by atoms with Crippen molar-refractivity contribution < 1.29 is 9.53 Å². The van der Waals surface area contributed by atoms with Crippen LogP contribution < -0.4 is 5.32 Å². The molecule has 0 aromatic heterocycles. The van der Waals surface area contributed by atoms with Crippen molar-refractivity contribution in [1.82, 2.24) is 10.2 Å². The maximum atomic E-state index is 11.7. The summed E-state index contributed by atoms with van der Waals surface area (Å²) in [5.41, 5.74) is 1.25. The molecule has 1 aliphatic rings. The van der Waals surface area contributed by atoms with Crippen LogP contribution in [0.5, 0.6) is 0 Å². The number of nitrogens with zero attached hydrogens (tertiary/aromatic N) is 1. The minimum Gasteiger partial charge on any atom is -0.381 e. The summed E-state index contributed by atoms with van der Waals surface area (Å²) < 4.78 is 5.40. The van der Waals surface area contributed by atoms with Crippen LogP contribution in [0.2, 0.25) is 0 Å². The van der Waals surface area contributed by atoms with E-state index in [0.717, 1.165) is 39.1 Å². The van der Waals surface area contributed by atoms with E-state index in [2.05, 4.69) is 22.3 Å². The topological polar surface area (TPSA) is 41.6 Å². The van der Waals surface area contributed by atoms with Gasteiger partial charge in [-0.05, 0) is 24.3 Å². The zero-order chi connectivity index (χ0) is 14.2. The monoisotopic (exact) mass is 276 g/mol. The Hall–Kier alpha value is -1.39. The van der Waals surface area contributed by atoms with E-state index in [0.29, 0.717) is 12.5 Å². The normalized spacial score (nSPS) is 16.3. The maximum Gasteiger partial charge on any atom is 0.233 e. The second kappa shape index (κ2) is 8.02. The molecule has 1 saturated heterocycles. The summed E-state index contributed by atoms with van der Waals surface area (Å²) in [6.07, 6.45) is 2.19. The van der Waals surface area contributed by atoms with Gasteiger partial charge >= 0.3 is 0 Å². The lowest BCUT2D eigenvalue weighted by atomic mass is 9.99. The Morgan fingerprint density at radius 1 is 1.30 bits per heavy atom. The number of hydrogen-bond acceptors (Lipinski definition) is 3. The van der Waals surface area contributed by atoms with Crippen LogP contribution >= 0.6 is 0 Å². The molecule has 1 aromatic carbocycles. The molecule has 0 spiro atoms. The molecule has 20 heavy (non-hydrogen) atoms. The van der Waals surface area contributed by atoms with Gasteiger partial charge in [0.2, 0.25) is 5.91 Å². The van der Waals surface area contributed by atoms with Crippen molar-refractivity contribution in [2.24, 2.45) is 5.92 Å². The fraction of sp³-hybridized carbons (Fsp3) is 0.562. The maximum absolute atomic E-state index is 11.7. The van der Waals surface area contributed by atoms with Crippen LogP contribution in [0, 0.1) is 5.92 Å². The summed E-state index contributed by atoms with van der Waals surface area (Å²) in [6.45, 7) is 3.95. The first kappa shape index (κ1) is 15.0. The van der Waals surface area contributed by atoms with E-state index >= 15 is 0 Å². The molecule has 0 bridgehead atoms.